The Morgan fingerprint density at radius 3 is 2.78 bits per heavy atom. The zero-order valence-corrected chi connectivity index (χ0v) is 14.1. The van der Waals surface area contributed by atoms with Crippen LogP contribution in [0.3, 0.4) is 0 Å². The number of nitrogens with one attached hydrogen (secondary N) is 1. The quantitative estimate of drug-likeness (QED) is 0.790. The van der Waals surface area contributed by atoms with Gasteiger partial charge < -0.3 is 0 Å². The molecule has 0 aliphatic heterocycles. The number of para-hydroxylation sites is 1. The highest BCUT2D eigenvalue weighted by Crippen LogP contribution is 2.25. The van der Waals surface area contributed by atoms with Gasteiger partial charge >= 0.3 is 0 Å². The van der Waals surface area contributed by atoms with Crippen molar-refractivity contribution in [3.63, 3.8) is 0 Å². The minimum Gasteiger partial charge on any atom is -0.240 e. The monoisotopic (exact) mass is 344 g/mol. The van der Waals surface area contributed by atoms with Gasteiger partial charge in [-0.3, -0.25) is 0 Å². The van der Waals surface area contributed by atoms with Gasteiger partial charge in [0.05, 0.1) is 21.7 Å². The largest absolute Gasteiger partial charge is 0.240 e. The summed E-state index contributed by atoms with van der Waals surface area (Å²) in [6.45, 7) is 0.221. The standard InChI is InChI=1S/C17H16N2O2S2/c20-23(21,14-9-8-12-4-3-5-13(12)10-14)18-11-17-19-15-6-1-2-7-16(15)22-17/h1-2,6-10,18H,3-5,11H2. The molecule has 0 atom stereocenters. The van der Waals surface area contributed by atoms with Gasteiger partial charge in [0.25, 0.3) is 0 Å². The van der Waals surface area contributed by atoms with Crippen LogP contribution in [0.5, 0.6) is 0 Å². The summed E-state index contributed by atoms with van der Waals surface area (Å²) in [4.78, 5) is 4.81. The molecule has 6 heteroatoms. The molecule has 0 spiro atoms. The Hall–Kier alpha value is -1.76. The van der Waals surface area contributed by atoms with Crippen molar-refractivity contribution < 1.29 is 8.42 Å². The Labute approximate surface area is 139 Å². The van der Waals surface area contributed by atoms with E-state index in [-0.39, 0.29) is 6.54 Å². The molecule has 118 valence electrons. The maximum atomic E-state index is 12.5. The maximum Gasteiger partial charge on any atom is 0.240 e. The van der Waals surface area contributed by atoms with Crippen molar-refractivity contribution in [2.45, 2.75) is 30.7 Å². The molecule has 0 fully saturated rings. The van der Waals surface area contributed by atoms with E-state index in [2.05, 4.69) is 9.71 Å². The fourth-order valence-electron chi connectivity index (χ4n) is 2.95. The first-order valence-electron chi connectivity index (χ1n) is 7.58. The van der Waals surface area contributed by atoms with E-state index in [4.69, 9.17) is 0 Å². The topological polar surface area (TPSA) is 59.1 Å². The van der Waals surface area contributed by atoms with Crippen molar-refractivity contribution >= 4 is 31.6 Å². The number of benzene rings is 2. The third-order valence-electron chi connectivity index (χ3n) is 4.13. The Bertz CT molecular complexity index is 944. The number of sulfonamides is 1. The van der Waals surface area contributed by atoms with Gasteiger partial charge in [0.2, 0.25) is 10.0 Å². The Kier molecular flexibility index (Phi) is 3.67. The molecule has 1 aromatic heterocycles. The van der Waals surface area contributed by atoms with Crippen molar-refractivity contribution in [1.82, 2.24) is 9.71 Å². The van der Waals surface area contributed by atoms with E-state index < -0.39 is 10.0 Å². The lowest BCUT2D eigenvalue weighted by Gasteiger charge is -2.07. The van der Waals surface area contributed by atoms with E-state index in [0.29, 0.717) is 4.90 Å². The lowest BCUT2D eigenvalue weighted by atomic mass is 10.1. The lowest BCUT2D eigenvalue weighted by molar-refractivity contribution is 0.581. The Balaban J connectivity index is 1.55. The summed E-state index contributed by atoms with van der Waals surface area (Å²) in [5, 5.41) is 0.774. The second-order valence-corrected chi connectivity index (χ2v) is 8.57. The fraction of sp³-hybridized carbons (Fsp3) is 0.235. The first-order valence-corrected chi connectivity index (χ1v) is 9.88. The summed E-state index contributed by atoms with van der Waals surface area (Å²) < 4.78 is 28.7. The highest BCUT2D eigenvalue weighted by molar-refractivity contribution is 7.89. The first kappa shape index (κ1) is 14.8. The minimum absolute atomic E-state index is 0.221. The molecule has 4 nitrogen and oxygen atoms in total. The predicted octanol–water partition coefficient (Wildman–Crippen LogP) is 3.26. The maximum absolute atomic E-state index is 12.5. The van der Waals surface area contributed by atoms with Gasteiger partial charge in [-0.05, 0) is 54.7 Å². The van der Waals surface area contributed by atoms with Gasteiger partial charge in [0.15, 0.2) is 0 Å². The number of aromatic nitrogens is 1. The molecule has 23 heavy (non-hydrogen) atoms. The van der Waals surface area contributed by atoms with Crippen LogP contribution in [0.25, 0.3) is 10.2 Å². The first-order chi connectivity index (χ1) is 11.1. The van der Waals surface area contributed by atoms with E-state index in [1.807, 2.05) is 36.4 Å². The summed E-state index contributed by atoms with van der Waals surface area (Å²) in [5.74, 6) is 0. The number of rotatable bonds is 4. The van der Waals surface area contributed by atoms with Crippen LogP contribution in [0, 0.1) is 0 Å². The van der Waals surface area contributed by atoms with Crippen LogP contribution < -0.4 is 4.72 Å². The number of hydrogen-bond acceptors (Lipinski definition) is 4. The normalized spacial score (nSPS) is 14.3. The minimum atomic E-state index is -3.50. The van der Waals surface area contributed by atoms with Crippen molar-refractivity contribution in [1.29, 1.82) is 0 Å². The predicted molar refractivity (Wildman–Crippen MR) is 92.1 cm³/mol. The molecule has 0 radical (unpaired) electrons. The third-order valence-corrected chi connectivity index (χ3v) is 6.57. The number of aryl methyl sites for hydroxylation is 2. The molecule has 4 rings (SSSR count). The van der Waals surface area contributed by atoms with Crippen molar-refractivity contribution in [3.8, 4) is 0 Å². The molecule has 0 amide bonds. The Morgan fingerprint density at radius 1 is 1.09 bits per heavy atom. The van der Waals surface area contributed by atoms with Gasteiger partial charge in [-0.25, -0.2) is 18.1 Å². The van der Waals surface area contributed by atoms with E-state index in [0.717, 1.165) is 40.1 Å². The number of nitrogens with zero attached hydrogens (tertiary/aromatic N) is 1. The average molecular weight is 344 g/mol. The van der Waals surface area contributed by atoms with Gasteiger partial charge in [-0.2, -0.15) is 0 Å². The number of hydrogen-bond donors (Lipinski definition) is 1. The van der Waals surface area contributed by atoms with Gasteiger partial charge in [-0.15, -0.1) is 11.3 Å². The van der Waals surface area contributed by atoms with Crippen LogP contribution in [-0.2, 0) is 29.4 Å². The molecule has 2 aromatic carbocycles. The second kappa shape index (κ2) is 5.70. The molecular formula is C17H16N2O2S2. The molecular weight excluding hydrogens is 328 g/mol. The van der Waals surface area contributed by atoms with Crippen LogP contribution in [0.2, 0.25) is 0 Å². The third kappa shape index (κ3) is 2.89. The highest BCUT2D eigenvalue weighted by atomic mass is 32.2. The molecule has 1 aliphatic carbocycles. The lowest BCUT2D eigenvalue weighted by Crippen LogP contribution is -2.23. The number of fused-ring (bicyclic) bond motifs is 2. The van der Waals surface area contributed by atoms with Crippen LogP contribution in [0.1, 0.15) is 22.6 Å². The number of thiazole rings is 1. The molecule has 0 saturated heterocycles. The van der Waals surface area contributed by atoms with E-state index in [1.165, 1.54) is 16.9 Å². The van der Waals surface area contributed by atoms with E-state index in [1.54, 1.807) is 6.07 Å². The molecule has 3 aromatic rings. The van der Waals surface area contributed by atoms with Crippen molar-refractivity contribution in [2.75, 3.05) is 0 Å². The highest BCUT2D eigenvalue weighted by Gasteiger charge is 2.18. The smallest absolute Gasteiger partial charge is 0.240 e. The van der Waals surface area contributed by atoms with Crippen LogP contribution in [-0.4, -0.2) is 13.4 Å². The zero-order valence-electron chi connectivity index (χ0n) is 12.5. The average Bonchev–Trinajstić information content (AvgIpc) is 3.18. The van der Waals surface area contributed by atoms with Crippen LogP contribution >= 0.6 is 11.3 Å². The molecule has 1 aliphatic rings. The van der Waals surface area contributed by atoms with Gasteiger partial charge in [0, 0.05) is 0 Å². The van der Waals surface area contributed by atoms with Gasteiger partial charge in [-0.1, -0.05) is 18.2 Å². The molecule has 1 N–H and O–H groups in total. The summed E-state index contributed by atoms with van der Waals surface area (Å²) in [6, 6.07) is 13.3. The molecule has 0 unspecified atom stereocenters. The van der Waals surface area contributed by atoms with E-state index >= 15 is 0 Å². The van der Waals surface area contributed by atoms with Crippen molar-refractivity contribution in [2.24, 2.45) is 0 Å². The fourth-order valence-corrected chi connectivity index (χ4v) is 4.99. The molecule has 0 bridgehead atoms. The molecule has 1 heterocycles. The van der Waals surface area contributed by atoms with E-state index in [9.17, 15) is 8.42 Å². The SMILES string of the molecule is O=S(=O)(NCc1nc2ccccc2s1)c1ccc2c(c1)CCC2. The van der Waals surface area contributed by atoms with Gasteiger partial charge in [0.1, 0.15) is 5.01 Å². The second-order valence-electron chi connectivity index (χ2n) is 5.68. The van der Waals surface area contributed by atoms with Crippen LogP contribution in [0.4, 0.5) is 0 Å². The van der Waals surface area contributed by atoms with Crippen LogP contribution in [0.15, 0.2) is 47.4 Å². The van der Waals surface area contributed by atoms with Crippen molar-refractivity contribution in [3.05, 3.63) is 58.6 Å². The summed E-state index contributed by atoms with van der Waals surface area (Å²) >= 11 is 1.52. The summed E-state index contributed by atoms with van der Waals surface area (Å²) in [7, 11) is -3.50. The summed E-state index contributed by atoms with van der Waals surface area (Å²) in [5.41, 5.74) is 3.34. The summed E-state index contributed by atoms with van der Waals surface area (Å²) in [6.07, 6.45) is 3.13. The zero-order chi connectivity index (χ0) is 15.9. The Morgan fingerprint density at radius 2 is 1.91 bits per heavy atom. The molecule has 0 saturated carbocycles.